The van der Waals surface area contributed by atoms with Crippen molar-refractivity contribution in [2.24, 2.45) is 5.92 Å². The van der Waals surface area contributed by atoms with Crippen molar-refractivity contribution in [3.8, 4) is 11.5 Å². The molecule has 0 spiro atoms. The zero-order valence-electron chi connectivity index (χ0n) is 24.2. The van der Waals surface area contributed by atoms with Gasteiger partial charge in [-0.15, -0.1) is 0 Å². The minimum atomic E-state index is -4.90. The highest BCUT2D eigenvalue weighted by Gasteiger charge is 2.42. The lowest BCUT2D eigenvalue weighted by atomic mass is 9.89. The van der Waals surface area contributed by atoms with Gasteiger partial charge in [-0.25, -0.2) is 9.78 Å². The fraction of sp³-hybridized carbons (Fsp3) is 0.438. The third kappa shape index (κ3) is 7.59. The van der Waals surface area contributed by atoms with Crippen molar-refractivity contribution >= 4 is 23.6 Å². The van der Waals surface area contributed by atoms with Crippen LogP contribution < -0.4 is 5.32 Å². The van der Waals surface area contributed by atoms with Gasteiger partial charge in [0, 0.05) is 43.9 Å². The van der Waals surface area contributed by atoms with Crippen molar-refractivity contribution in [1.82, 2.24) is 14.8 Å². The van der Waals surface area contributed by atoms with E-state index in [9.17, 15) is 27.6 Å². The normalized spacial score (nSPS) is 16.6. The number of amides is 3. The average molecular weight is 613 g/mol. The molecule has 2 saturated heterocycles. The van der Waals surface area contributed by atoms with Gasteiger partial charge in [-0.1, -0.05) is 30.3 Å². The number of halogens is 3. The monoisotopic (exact) mass is 612 g/mol. The number of carboxylic acid groups (broad SMARTS) is 1. The molecule has 3 aromatic rings. The van der Waals surface area contributed by atoms with Crippen molar-refractivity contribution in [3.63, 3.8) is 0 Å². The van der Waals surface area contributed by atoms with E-state index in [4.69, 9.17) is 9.52 Å². The molecule has 2 aliphatic rings. The first kappa shape index (κ1) is 31.1. The number of carboxylic acids is 1. The van der Waals surface area contributed by atoms with Gasteiger partial charge >= 0.3 is 18.2 Å². The predicted octanol–water partition coefficient (Wildman–Crippen LogP) is 6.88. The second-order valence-corrected chi connectivity index (χ2v) is 11.4. The average Bonchev–Trinajstić information content (AvgIpc) is 3.49. The molecule has 0 bridgehead atoms. The molecule has 2 N–H and O–H groups in total. The second kappa shape index (κ2) is 13.5. The molecular formula is C32H35F3N4O5. The largest absolute Gasteiger partial charge is 0.481 e. The molecule has 2 aromatic carbocycles. The summed E-state index contributed by atoms with van der Waals surface area (Å²) in [4.78, 5) is 44.3. The molecule has 1 aromatic heterocycles. The van der Waals surface area contributed by atoms with Gasteiger partial charge in [-0.2, -0.15) is 13.2 Å². The fourth-order valence-corrected chi connectivity index (χ4v) is 5.96. The van der Waals surface area contributed by atoms with E-state index < -0.39 is 29.5 Å². The van der Waals surface area contributed by atoms with Gasteiger partial charge in [0.25, 0.3) is 5.91 Å². The van der Waals surface area contributed by atoms with Crippen LogP contribution in [0.15, 0.2) is 59.0 Å². The van der Waals surface area contributed by atoms with E-state index in [1.54, 1.807) is 42.5 Å². The Bertz CT molecular complexity index is 1440. The Morgan fingerprint density at radius 2 is 1.52 bits per heavy atom. The highest BCUT2D eigenvalue weighted by atomic mass is 19.4. The Labute approximate surface area is 253 Å². The van der Waals surface area contributed by atoms with Crippen molar-refractivity contribution in [2.45, 2.75) is 57.0 Å². The highest BCUT2D eigenvalue weighted by molar-refractivity contribution is 6.04. The van der Waals surface area contributed by atoms with Crippen LogP contribution in [-0.4, -0.2) is 64.0 Å². The van der Waals surface area contributed by atoms with Crippen LogP contribution in [0.4, 0.5) is 23.7 Å². The van der Waals surface area contributed by atoms with Gasteiger partial charge in [0.1, 0.15) is 0 Å². The molecule has 234 valence electrons. The topological polar surface area (TPSA) is 116 Å². The van der Waals surface area contributed by atoms with E-state index in [0.717, 1.165) is 37.7 Å². The van der Waals surface area contributed by atoms with Crippen molar-refractivity contribution in [3.05, 3.63) is 71.6 Å². The van der Waals surface area contributed by atoms with Crippen LogP contribution in [0.2, 0.25) is 0 Å². The number of hydrogen-bond acceptors (Lipinski definition) is 5. The summed E-state index contributed by atoms with van der Waals surface area (Å²) in [5.74, 6) is -2.86. The van der Waals surface area contributed by atoms with Crippen LogP contribution in [0.5, 0.6) is 0 Å². The first-order valence-corrected chi connectivity index (χ1v) is 14.9. The lowest BCUT2D eigenvalue weighted by Crippen LogP contribution is -2.49. The maximum Gasteiger partial charge on any atom is 0.452 e. The molecule has 0 atom stereocenters. The van der Waals surface area contributed by atoms with Crippen LogP contribution in [0.25, 0.3) is 11.5 Å². The molecule has 3 amide bonds. The number of anilines is 1. The molecule has 12 heteroatoms. The summed E-state index contributed by atoms with van der Waals surface area (Å²) in [6, 6.07) is 15.1. The third-order valence-corrected chi connectivity index (χ3v) is 8.41. The van der Waals surface area contributed by atoms with Crippen LogP contribution in [0, 0.1) is 5.92 Å². The number of carbonyl (C=O) groups excluding carboxylic acids is 2. The molecule has 2 aliphatic heterocycles. The van der Waals surface area contributed by atoms with Crippen LogP contribution in [0.1, 0.15) is 72.7 Å². The van der Waals surface area contributed by atoms with E-state index in [2.05, 4.69) is 10.3 Å². The van der Waals surface area contributed by atoms with E-state index in [-0.39, 0.29) is 24.3 Å². The molecule has 0 saturated carbocycles. The summed E-state index contributed by atoms with van der Waals surface area (Å²) in [5.41, 5.74) is 0.847. The number of carbonyl (C=O) groups is 3. The standard InChI is InChI=1S/C32H35F3N4O5/c33-32(34,35)28-27(37-30(44-28)24-6-2-1-3-7-24)29(42)36-25-11-9-22(10-12-25)23-15-19-39(20-16-23)31(43)38-17-13-21(14-18-38)5-4-8-26(40)41/h1-3,6-7,9-12,21,23H,4-5,8,13-20H2,(H,36,42)(H,40,41). The van der Waals surface area contributed by atoms with E-state index in [1.165, 1.54) is 0 Å². The summed E-state index contributed by atoms with van der Waals surface area (Å²) < 4.78 is 45.9. The van der Waals surface area contributed by atoms with E-state index in [1.807, 2.05) is 21.9 Å². The number of rotatable bonds is 8. The number of alkyl halides is 3. The van der Waals surface area contributed by atoms with Crippen molar-refractivity contribution in [2.75, 3.05) is 31.5 Å². The lowest BCUT2D eigenvalue weighted by molar-refractivity contribution is -0.153. The molecule has 44 heavy (non-hydrogen) atoms. The van der Waals surface area contributed by atoms with Gasteiger partial charge < -0.3 is 24.6 Å². The van der Waals surface area contributed by atoms with Gasteiger partial charge in [-0.05, 0) is 80.2 Å². The Morgan fingerprint density at radius 1 is 0.909 bits per heavy atom. The maximum absolute atomic E-state index is 13.6. The number of piperidine rings is 2. The fourth-order valence-electron chi connectivity index (χ4n) is 5.96. The van der Waals surface area contributed by atoms with Gasteiger partial charge in [0.05, 0.1) is 0 Å². The second-order valence-electron chi connectivity index (χ2n) is 11.4. The number of hydrogen-bond donors (Lipinski definition) is 2. The molecule has 0 radical (unpaired) electrons. The number of nitrogens with one attached hydrogen (secondary N) is 1. The van der Waals surface area contributed by atoms with Crippen LogP contribution >= 0.6 is 0 Å². The van der Waals surface area contributed by atoms with E-state index >= 15 is 0 Å². The van der Waals surface area contributed by atoms with Crippen molar-refractivity contribution in [1.29, 1.82) is 0 Å². The number of aliphatic carboxylic acids is 1. The molecule has 2 fully saturated rings. The minimum Gasteiger partial charge on any atom is -0.481 e. The first-order valence-electron chi connectivity index (χ1n) is 14.9. The zero-order valence-corrected chi connectivity index (χ0v) is 24.2. The molecule has 5 rings (SSSR count). The Kier molecular flexibility index (Phi) is 9.55. The third-order valence-electron chi connectivity index (χ3n) is 8.41. The number of aromatic nitrogens is 1. The van der Waals surface area contributed by atoms with Gasteiger partial charge in [0.15, 0.2) is 5.69 Å². The summed E-state index contributed by atoms with van der Waals surface area (Å²) >= 11 is 0. The Morgan fingerprint density at radius 3 is 2.11 bits per heavy atom. The summed E-state index contributed by atoms with van der Waals surface area (Å²) in [6.07, 6.45) is 0.190. The van der Waals surface area contributed by atoms with Crippen LogP contribution in [0.3, 0.4) is 0 Å². The predicted molar refractivity (Wildman–Crippen MR) is 156 cm³/mol. The molecular weight excluding hydrogens is 577 g/mol. The number of likely N-dealkylation sites (tertiary alicyclic amines) is 2. The highest BCUT2D eigenvalue weighted by Crippen LogP contribution is 2.36. The SMILES string of the molecule is O=C(O)CCCC1CCN(C(=O)N2CCC(c3ccc(NC(=O)c4nc(-c5ccccc5)oc4C(F)(F)F)cc3)CC2)CC1. The molecule has 0 unspecified atom stereocenters. The number of nitrogens with zero attached hydrogens (tertiary/aromatic N) is 3. The smallest absolute Gasteiger partial charge is 0.452 e. The molecule has 0 aliphatic carbocycles. The Balaban J connectivity index is 1.13. The van der Waals surface area contributed by atoms with Crippen molar-refractivity contribution < 1.29 is 37.1 Å². The molecule has 9 nitrogen and oxygen atoms in total. The number of oxazole rings is 1. The Hall–Kier alpha value is -4.35. The lowest BCUT2D eigenvalue weighted by Gasteiger charge is -2.39. The van der Waals surface area contributed by atoms with E-state index in [0.29, 0.717) is 49.8 Å². The summed E-state index contributed by atoms with van der Waals surface area (Å²) in [7, 11) is 0. The van der Waals surface area contributed by atoms with Crippen LogP contribution in [-0.2, 0) is 11.0 Å². The number of urea groups is 1. The first-order chi connectivity index (χ1) is 21.1. The van der Waals surface area contributed by atoms with Gasteiger partial charge in [-0.3, -0.25) is 9.59 Å². The maximum atomic E-state index is 13.6. The zero-order chi connectivity index (χ0) is 31.3. The summed E-state index contributed by atoms with van der Waals surface area (Å²) in [6.45, 7) is 2.62. The summed E-state index contributed by atoms with van der Waals surface area (Å²) in [5, 5.41) is 11.3. The molecule has 3 heterocycles. The minimum absolute atomic E-state index is 0.0481. The number of benzene rings is 2. The van der Waals surface area contributed by atoms with Gasteiger partial charge in [0.2, 0.25) is 11.7 Å². The quantitative estimate of drug-likeness (QED) is 0.287.